The van der Waals surface area contributed by atoms with Gasteiger partial charge in [0.15, 0.2) is 0 Å². The molecule has 0 spiro atoms. The molecule has 1 saturated heterocycles. The van der Waals surface area contributed by atoms with Gasteiger partial charge in [-0.1, -0.05) is 0 Å². The fourth-order valence-electron chi connectivity index (χ4n) is 2.96. The van der Waals surface area contributed by atoms with Crippen molar-refractivity contribution in [3.63, 3.8) is 0 Å². The Morgan fingerprint density at radius 1 is 1.37 bits per heavy atom. The average Bonchev–Trinajstić information content (AvgIpc) is 2.70. The highest BCUT2D eigenvalue weighted by Gasteiger charge is 2.28. The van der Waals surface area contributed by atoms with Gasteiger partial charge in [0.1, 0.15) is 5.82 Å². The summed E-state index contributed by atoms with van der Waals surface area (Å²) in [5, 5.41) is 3.49. The zero-order valence-corrected chi connectivity index (χ0v) is 12.6. The minimum absolute atomic E-state index is 0.437. The van der Waals surface area contributed by atoms with E-state index in [0.29, 0.717) is 12.1 Å². The molecule has 2 heterocycles. The lowest BCUT2D eigenvalue weighted by molar-refractivity contribution is 0.180. The quantitative estimate of drug-likeness (QED) is 0.843. The molecular weight excluding hydrogens is 238 g/mol. The summed E-state index contributed by atoms with van der Waals surface area (Å²) in [6, 6.07) is 0.973. The Morgan fingerprint density at radius 3 is 2.79 bits per heavy atom. The molecule has 0 aromatic carbocycles. The lowest BCUT2D eigenvalue weighted by Gasteiger charge is -2.34. The van der Waals surface area contributed by atoms with E-state index in [2.05, 4.69) is 52.9 Å². The molecule has 0 saturated carbocycles. The smallest absolute Gasteiger partial charge is 0.109 e. The van der Waals surface area contributed by atoms with Crippen LogP contribution < -0.4 is 5.32 Å². The number of hydrogen-bond acceptors (Lipinski definition) is 4. The van der Waals surface area contributed by atoms with Crippen molar-refractivity contribution in [2.75, 3.05) is 40.8 Å². The zero-order valence-electron chi connectivity index (χ0n) is 12.6. The van der Waals surface area contributed by atoms with Gasteiger partial charge in [0, 0.05) is 44.5 Å². The molecule has 19 heavy (non-hydrogen) atoms. The second-order valence-corrected chi connectivity index (χ2v) is 5.72. The topological polar surface area (TPSA) is 36.3 Å². The van der Waals surface area contributed by atoms with Crippen LogP contribution in [0.15, 0.2) is 12.4 Å². The molecule has 0 radical (unpaired) electrons. The number of likely N-dealkylation sites (N-methyl/N-ethyl adjacent to an activating group) is 3. The van der Waals surface area contributed by atoms with Gasteiger partial charge in [-0.15, -0.1) is 0 Å². The van der Waals surface area contributed by atoms with Crippen LogP contribution in [0.3, 0.4) is 0 Å². The molecule has 2 unspecified atom stereocenters. The minimum Gasteiger partial charge on any atom is -0.338 e. The third kappa shape index (κ3) is 3.55. The summed E-state index contributed by atoms with van der Waals surface area (Å²) < 4.78 is 2.12. The van der Waals surface area contributed by atoms with E-state index < -0.39 is 0 Å². The molecule has 2 rings (SSSR count). The number of aryl methyl sites for hydroxylation is 1. The van der Waals surface area contributed by atoms with Crippen LogP contribution in [0.4, 0.5) is 0 Å². The second kappa shape index (κ2) is 6.50. The summed E-state index contributed by atoms with van der Waals surface area (Å²) in [6.45, 7) is 3.49. The van der Waals surface area contributed by atoms with Crippen LogP contribution in [0, 0.1) is 0 Å². The Balaban J connectivity index is 2.08. The molecule has 1 aliphatic heterocycles. The molecule has 1 aliphatic rings. The van der Waals surface area contributed by atoms with E-state index >= 15 is 0 Å². The van der Waals surface area contributed by atoms with Crippen molar-refractivity contribution in [3.8, 4) is 0 Å². The van der Waals surface area contributed by atoms with E-state index in [1.165, 1.54) is 19.5 Å². The van der Waals surface area contributed by atoms with Gasteiger partial charge in [-0.25, -0.2) is 4.98 Å². The van der Waals surface area contributed by atoms with Crippen LogP contribution in [-0.4, -0.2) is 72.2 Å². The third-order valence-electron chi connectivity index (χ3n) is 4.27. The first-order valence-corrected chi connectivity index (χ1v) is 7.14. The Kier molecular flexibility index (Phi) is 4.96. The van der Waals surface area contributed by atoms with E-state index in [0.717, 1.165) is 18.8 Å². The maximum absolute atomic E-state index is 4.46. The van der Waals surface area contributed by atoms with Crippen LogP contribution in [0.5, 0.6) is 0 Å². The van der Waals surface area contributed by atoms with Crippen molar-refractivity contribution in [1.82, 2.24) is 24.7 Å². The van der Waals surface area contributed by atoms with Crippen LogP contribution in [-0.2, 0) is 13.5 Å². The summed E-state index contributed by atoms with van der Waals surface area (Å²) in [7, 11) is 8.59. The monoisotopic (exact) mass is 265 g/mol. The molecule has 0 aliphatic carbocycles. The fraction of sp³-hybridized carbons (Fsp3) is 0.786. The second-order valence-electron chi connectivity index (χ2n) is 5.72. The van der Waals surface area contributed by atoms with Crippen LogP contribution in [0.2, 0.25) is 0 Å². The summed E-state index contributed by atoms with van der Waals surface area (Å²) >= 11 is 0. The highest BCUT2D eigenvalue weighted by atomic mass is 15.2. The van der Waals surface area contributed by atoms with E-state index in [1.807, 2.05) is 12.4 Å². The van der Waals surface area contributed by atoms with Gasteiger partial charge < -0.3 is 19.7 Å². The standard InChI is InChI=1S/C14H27N5/c1-15-12(10-14-16-6-9-19(14)4)13-11-17(2)7-5-8-18(13)3/h6,9,12-13,15H,5,7-8,10-11H2,1-4H3. The van der Waals surface area contributed by atoms with Gasteiger partial charge in [-0.3, -0.25) is 0 Å². The number of nitrogens with one attached hydrogen (secondary N) is 1. The number of hydrogen-bond donors (Lipinski definition) is 1. The van der Waals surface area contributed by atoms with Crippen molar-refractivity contribution in [3.05, 3.63) is 18.2 Å². The maximum Gasteiger partial charge on any atom is 0.109 e. The Bertz CT molecular complexity index is 389. The molecule has 108 valence electrons. The largest absolute Gasteiger partial charge is 0.338 e. The van der Waals surface area contributed by atoms with Gasteiger partial charge in [0.05, 0.1) is 0 Å². The summed E-state index contributed by atoms with van der Waals surface area (Å²) in [5.74, 6) is 1.15. The van der Waals surface area contributed by atoms with Crippen molar-refractivity contribution in [2.24, 2.45) is 7.05 Å². The van der Waals surface area contributed by atoms with E-state index in [4.69, 9.17) is 0 Å². The number of imidazole rings is 1. The predicted octanol–water partition coefficient (Wildman–Crippen LogP) is 0.187. The predicted molar refractivity (Wildman–Crippen MR) is 78.3 cm³/mol. The molecule has 0 bridgehead atoms. The molecule has 5 nitrogen and oxygen atoms in total. The molecule has 1 N–H and O–H groups in total. The zero-order chi connectivity index (χ0) is 13.8. The van der Waals surface area contributed by atoms with Crippen LogP contribution >= 0.6 is 0 Å². The highest BCUT2D eigenvalue weighted by molar-refractivity contribution is 4.98. The SMILES string of the molecule is CNC(Cc1nccn1C)C1CN(C)CCCN1C. The number of nitrogens with zero attached hydrogens (tertiary/aromatic N) is 4. The Morgan fingerprint density at radius 2 is 2.16 bits per heavy atom. The summed E-state index contributed by atoms with van der Waals surface area (Å²) in [5.41, 5.74) is 0. The fourth-order valence-corrected chi connectivity index (χ4v) is 2.96. The van der Waals surface area contributed by atoms with Gasteiger partial charge in [0.2, 0.25) is 0 Å². The van der Waals surface area contributed by atoms with Crippen LogP contribution in [0.1, 0.15) is 12.2 Å². The molecule has 1 aromatic heterocycles. The first kappa shape index (κ1) is 14.5. The first-order chi connectivity index (χ1) is 9.11. The number of aromatic nitrogens is 2. The van der Waals surface area contributed by atoms with Crippen molar-refractivity contribution in [1.29, 1.82) is 0 Å². The molecule has 1 aromatic rings. The lowest BCUT2D eigenvalue weighted by Crippen LogP contribution is -2.52. The highest BCUT2D eigenvalue weighted by Crippen LogP contribution is 2.13. The normalized spacial score (nSPS) is 24.3. The summed E-state index contributed by atoms with van der Waals surface area (Å²) in [4.78, 5) is 9.39. The first-order valence-electron chi connectivity index (χ1n) is 7.14. The van der Waals surface area contributed by atoms with Gasteiger partial charge in [-0.2, -0.15) is 0 Å². The number of rotatable bonds is 4. The molecule has 1 fully saturated rings. The molecule has 0 amide bonds. The molecule has 2 atom stereocenters. The van der Waals surface area contributed by atoms with Crippen molar-refractivity contribution < 1.29 is 0 Å². The maximum atomic E-state index is 4.46. The van der Waals surface area contributed by atoms with Crippen LogP contribution in [0.25, 0.3) is 0 Å². The Hall–Kier alpha value is -0.910. The van der Waals surface area contributed by atoms with Gasteiger partial charge in [-0.05, 0) is 40.7 Å². The third-order valence-corrected chi connectivity index (χ3v) is 4.27. The van der Waals surface area contributed by atoms with Crippen molar-refractivity contribution >= 4 is 0 Å². The van der Waals surface area contributed by atoms with E-state index in [-0.39, 0.29) is 0 Å². The molecule has 5 heteroatoms. The van der Waals surface area contributed by atoms with E-state index in [1.54, 1.807) is 0 Å². The average molecular weight is 265 g/mol. The van der Waals surface area contributed by atoms with Gasteiger partial charge >= 0.3 is 0 Å². The molecular formula is C14H27N5. The Labute approximate surface area is 116 Å². The van der Waals surface area contributed by atoms with E-state index in [9.17, 15) is 0 Å². The minimum atomic E-state index is 0.437. The van der Waals surface area contributed by atoms with Crippen molar-refractivity contribution in [2.45, 2.75) is 24.9 Å². The lowest BCUT2D eigenvalue weighted by atomic mass is 10.0. The van der Waals surface area contributed by atoms with Gasteiger partial charge in [0.25, 0.3) is 0 Å². The summed E-state index contributed by atoms with van der Waals surface area (Å²) in [6.07, 6.45) is 6.13.